The van der Waals surface area contributed by atoms with Crippen LogP contribution in [0.5, 0.6) is 0 Å². The summed E-state index contributed by atoms with van der Waals surface area (Å²) in [7, 11) is 1.44. The maximum Gasteiger partial charge on any atom is 0.333 e. The van der Waals surface area contributed by atoms with Crippen molar-refractivity contribution in [1.29, 1.82) is 0 Å². The van der Waals surface area contributed by atoms with Crippen molar-refractivity contribution in [1.82, 2.24) is 0 Å². The zero-order valence-corrected chi connectivity index (χ0v) is 11.8. The van der Waals surface area contributed by atoms with Gasteiger partial charge in [0, 0.05) is 5.57 Å². The second kappa shape index (κ2) is 7.05. The predicted molar refractivity (Wildman–Crippen MR) is 71.2 cm³/mol. The zero-order valence-electron chi connectivity index (χ0n) is 11.1. The van der Waals surface area contributed by atoms with Gasteiger partial charge in [0.15, 0.2) is 0 Å². The molecule has 0 fully saturated rings. The average molecular weight is 259 g/mol. The molecule has 2 unspecified atom stereocenters. The molecular formula is C14H23ClO2. The molecule has 3 heteroatoms. The van der Waals surface area contributed by atoms with Crippen molar-refractivity contribution in [3.05, 3.63) is 11.1 Å². The highest BCUT2D eigenvalue weighted by atomic mass is 35.5. The van der Waals surface area contributed by atoms with Crippen LogP contribution in [0.15, 0.2) is 11.1 Å². The molecule has 0 saturated heterocycles. The van der Waals surface area contributed by atoms with Crippen molar-refractivity contribution in [3.63, 3.8) is 0 Å². The van der Waals surface area contributed by atoms with Gasteiger partial charge in [0.1, 0.15) is 0 Å². The fourth-order valence-electron chi connectivity index (χ4n) is 2.29. The van der Waals surface area contributed by atoms with E-state index in [1.165, 1.54) is 7.11 Å². The van der Waals surface area contributed by atoms with E-state index in [1.54, 1.807) is 0 Å². The van der Waals surface area contributed by atoms with E-state index >= 15 is 0 Å². The van der Waals surface area contributed by atoms with E-state index in [2.05, 4.69) is 13.8 Å². The largest absolute Gasteiger partial charge is 0.466 e. The predicted octanol–water partition coefficient (Wildman–Crippen LogP) is 4.07. The monoisotopic (exact) mass is 258 g/mol. The molecule has 0 aliphatic heterocycles. The molecule has 0 amide bonds. The summed E-state index contributed by atoms with van der Waals surface area (Å²) < 4.78 is 4.85. The van der Waals surface area contributed by atoms with Crippen LogP contribution >= 0.6 is 11.6 Å². The Morgan fingerprint density at radius 3 is 2.65 bits per heavy atom. The van der Waals surface area contributed by atoms with Gasteiger partial charge >= 0.3 is 5.97 Å². The maximum absolute atomic E-state index is 11.7. The Morgan fingerprint density at radius 2 is 2.06 bits per heavy atom. The molecule has 17 heavy (non-hydrogen) atoms. The molecule has 2 nitrogen and oxygen atoms in total. The van der Waals surface area contributed by atoms with Crippen molar-refractivity contribution in [2.45, 2.75) is 57.7 Å². The van der Waals surface area contributed by atoms with E-state index in [0.29, 0.717) is 5.92 Å². The molecule has 0 aromatic rings. The lowest BCUT2D eigenvalue weighted by molar-refractivity contribution is -0.136. The smallest absolute Gasteiger partial charge is 0.333 e. The molecular weight excluding hydrogens is 236 g/mol. The number of carbonyl (C=O) groups excluding carboxylic acids is 1. The second-order valence-corrected chi connectivity index (χ2v) is 5.45. The van der Waals surface area contributed by atoms with Crippen LogP contribution < -0.4 is 0 Å². The summed E-state index contributed by atoms with van der Waals surface area (Å²) in [6.45, 7) is 4.38. The van der Waals surface area contributed by atoms with Gasteiger partial charge in [-0.3, -0.25) is 0 Å². The Kier molecular flexibility index (Phi) is 6.04. The third kappa shape index (κ3) is 4.02. The Bertz CT molecular complexity index is 297. The van der Waals surface area contributed by atoms with Crippen molar-refractivity contribution in [2.75, 3.05) is 7.11 Å². The van der Waals surface area contributed by atoms with Crippen LogP contribution in [-0.2, 0) is 9.53 Å². The first-order chi connectivity index (χ1) is 8.10. The van der Waals surface area contributed by atoms with Gasteiger partial charge < -0.3 is 4.74 Å². The highest BCUT2D eigenvalue weighted by Crippen LogP contribution is 2.33. The molecule has 0 saturated carbocycles. The van der Waals surface area contributed by atoms with Crippen LogP contribution in [0.3, 0.4) is 0 Å². The van der Waals surface area contributed by atoms with Crippen molar-refractivity contribution in [2.24, 2.45) is 5.92 Å². The Hall–Kier alpha value is -0.500. The van der Waals surface area contributed by atoms with E-state index < -0.39 is 0 Å². The molecule has 98 valence electrons. The summed E-state index contributed by atoms with van der Waals surface area (Å²) in [5.74, 6) is 0.417. The molecule has 2 atom stereocenters. The zero-order chi connectivity index (χ0) is 12.8. The van der Waals surface area contributed by atoms with Crippen molar-refractivity contribution in [3.8, 4) is 0 Å². The van der Waals surface area contributed by atoms with Gasteiger partial charge in [-0.2, -0.15) is 0 Å². The standard InChI is InChI=1S/C14H23ClO2/c1-4-10(2)9-13(15)11-7-5-6-8-12(11)14(16)17-3/h10,13H,4-9H2,1-3H3. The highest BCUT2D eigenvalue weighted by Gasteiger charge is 2.25. The number of rotatable bonds is 5. The molecule has 1 aliphatic carbocycles. The number of halogens is 1. The highest BCUT2D eigenvalue weighted by molar-refractivity contribution is 6.22. The van der Waals surface area contributed by atoms with Crippen LogP contribution in [0.4, 0.5) is 0 Å². The number of ether oxygens (including phenoxy) is 1. The third-order valence-corrected chi connectivity index (χ3v) is 4.07. The molecule has 0 bridgehead atoms. The fourth-order valence-corrected chi connectivity index (χ4v) is 2.84. The SMILES string of the molecule is CCC(C)CC(Cl)C1=C(C(=O)OC)CCCC1. The van der Waals surface area contributed by atoms with Crippen molar-refractivity contribution >= 4 is 17.6 Å². The van der Waals surface area contributed by atoms with Gasteiger partial charge in [0.25, 0.3) is 0 Å². The molecule has 1 aliphatic rings. The quantitative estimate of drug-likeness (QED) is 0.549. The maximum atomic E-state index is 11.7. The number of carbonyl (C=O) groups is 1. The first-order valence-corrected chi connectivity index (χ1v) is 6.98. The van der Waals surface area contributed by atoms with Gasteiger partial charge in [0.2, 0.25) is 0 Å². The van der Waals surface area contributed by atoms with Crippen LogP contribution in [0.2, 0.25) is 0 Å². The molecule has 0 aromatic heterocycles. The molecule has 0 N–H and O–H groups in total. The summed E-state index contributed by atoms with van der Waals surface area (Å²) in [4.78, 5) is 11.7. The van der Waals surface area contributed by atoms with Crippen LogP contribution in [0.25, 0.3) is 0 Å². The Labute approximate surface area is 109 Å². The van der Waals surface area contributed by atoms with E-state index in [1.807, 2.05) is 0 Å². The van der Waals surface area contributed by atoms with Gasteiger partial charge in [-0.25, -0.2) is 4.79 Å². The lowest BCUT2D eigenvalue weighted by Gasteiger charge is -2.24. The Morgan fingerprint density at radius 1 is 1.41 bits per heavy atom. The number of methoxy groups -OCH3 is 1. The summed E-state index contributed by atoms with van der Waals surface area (Å²) in [6, 6.07) is 0. The molecule has 1 rings (SSSR count). The molecule has 0 spiro atoms. The molecule has 0 radical (unpaired) electrons. The number of esters is 1. The molecule has 0 heterocycles. The number of hydrogen-bond donors (Lipinski definition) is 0. The second-order valence-electron chi connectivity index (χ2n) is 4.92. The first-order valence-electron chi connectivity index (χ1n) is 6.54. The summed E-state index contributed by atoms with van der Waals surface area (Å²) in [6.07, 6.45) is 6.07. The lowest BCUT2D eigenvalue weighted by Crippen LogP contribution is -2.18. The van der Waals surface area contributed by atoms with E-state index in [4.69, 9.17) is 16.3 Å². The Balaban J connectivity index is 2.81. The minimum Gasteiger partial charge on any atom is -0.466 e. The van der Waals surface area contributed by atoms with Crippen LogP contribution in [0, 0.1) is 5.92 Å². The number of allylic oxidation sites excluding steroid dienone is 1. The summed E-state index contributed by atoms with van der Waals surface area (Å²) in [5, 5.41) is -0.000602. The van der Waals surface area contributed by atoms with E-state index in [0.717, 1.165) is 49.7 Å². The normalized spacial score (nSPS) is 20.0. The molecule has 0 aromatic carbocycles. The van der Waals surface area contributed by atoms with Gasteiger partial charge in [-0.05, 0) is 43.6 Å². The number of hydrogen-bond acceptors (Lipinski definition) is 2. The minimum absolute atomic E-state index is 0.000602. The van der Waals surface area contributed by atoms with Crippen molar-refractivity contribution < 1.29 is 9.53 Å². The van der Waals surface area contributed by atoms with Gasteiger partial charge in [0.05, 0.1) is 12.5 Å². The summed E-state index contributed by atoms with van der Waals surface area (Å²) in [5.41, 5.74) is 1.96. The van der Waals surface area contributed by atoms with Gasteiger partial charge in [-0.1, -0.05) is 20.3 Å². The first kappa shape index (κ1) is 14.6. The minimum atomic E-state index is -0.186. The summed E-state index contributed by atoms with van der Waals surface area (Å²) >= 11 is 6.46. The lowest BCUT2D eigenvalue weighted by atomic mass is 9.86. The fraction of sp³-hybridized carbons (Fsp3) is 0.786. The average Bonchev–Trinajstić information content (AvgIpc) is 2.37. The van der Waals surface area contributed by atoms with Crippen LogP contribution in [-0.4, -0.2) is 18.5 Å². The van der Waals surface area contributed by atoms with E-state index in [-0.39, 0.29) is 11.3 Å². The van der Waals surface area contributed by atoms with E-state index in [9.17, 15) is 4.79 Å². The topological polar surface area (TPSA) is 26.3 Å². The van der Waals surface area contributed by atoms with Gasteiger partial charge in [-0.15, -0.1) is 11.6 Å². The van der Waals surface area contributed by atoms with Crippen LogP contribution in [0.1, 0.15) is 52.4 Å². The number of alkyl halides is 1. The third-order valence-electron chi connectivity index (χ3n) is 3.63.